The van der Waals surface area contributed by atoms with Crippen LogP contribution < -0.4 is 16.4 Å². The molecule has 0 aliphatic heterocycles. The van der Waals surface area contributed by atoms with Crippen LogP contribution in [0, 0.1) is 5.92 Å². The molecule has 1 aromatic rings. The third-order valence-corrected chi connectivity index (χ3v) is 6.10. The number of aliphatic hydroxyl groups excluding tert-OH is 1. The van der Waals surface area contributed by atoms with Gasteiger partial charge in [0.15, 0.2) is 0 Å². The molecule has 0 saturated heterocycles. The summed E-state index contributed by atoms with van der Waals surface area (Å²) in [4.78, 5) is 35.7. The summed E-state index contributed by atoms with van der Waals surface area (Å²) in [5.41, 5.74) is 7.07. The van der Waals surface area contributed by atoms with E-state index in [2.05, 4.69) is 20.9 Å². The highest BCUT2D eigenvalue weighted by molar-refractivity contribution is 5.86. The predicted molar refractivity (Wildman–Crippen MR) is 130 cm³/mol. The van der Waals surface area contributed by atoms with Gasteiger partial charge >= 0.3 is 0 Å². The molecular weight excluding hydrogens is 452 g/mol. The molecule has 0 spiro atoms. The van der Waals surface area contributed by atoms with E-state index in [0.29, 0.717) is 25.9 Å². The second-order valence-electron chi connectivity index (χ2n) is 9.70. The van der Waals surface area contributed by atoms with Gasteiger partial charge in [-0.2, -0.15) is 0 Å². The summed E-state index contributed by atoms with van der Waals surface area (Å²) >= 11 is 0. The van der Waals surface area contributed by atoms with Gasteiger partial charge in [0.1, 0.15) is 24.4 Å². The van der Waals surface area contributed by atoms with Gasteiger partial charge in [0.2, 0.25) is 17.7 Å². The van der Waals surface area contributed by atoms with Crippen molar-refractivity contribution in [2.75, 3.05) is 13.2 Å². The Bertz CT molecular complexity index is 825. The number of nitrogens with zero attached hydrogens (tertiary/aromatic N) is 3. The van der Waals surface area contributed by atoms with Gasteiger partial charge in [-0.25, -0.2) is 4.68 Å². The van der Waals surface area contributed by atoms with Crippen LogP contribution in [0.4, 0.5) is 0 Å². The standard InChI is InChI=1S/C24H42N6O5/c1-16(2)22(24(25)34)27-20(32)12-8-5-9-13-26-21(33)15-35-19-11-7-4-6-10-18-23(19)28-29-30(18)14-17(3)31/h16-17,19,22,31H,4-15H2,1-3H3,(H2,25,34)(H,26,33)(H,27,32)/t17?,19?,22-/m0/s1. The molecule has 0 radical (unpaired) electrons. The monoisotopic (exact) mass is 494 g/mol. The molecule has 1 aliphatic carbocycles. The first-order chi connectivity index (χ1) is 16.7. The number of rotatable bonds is 14. The summed E-state index contributed by atoms with van der Waals surface area (Å²) in [6.07, 6.45) is 6.41. The molecule has 1 heterocycles. The van der Waals surface area contributed by atoms with Crippen LogP contribution >= 0.6 is 0 Å². The third kappa shape index (κ3) is 9.93. The molecule has 35 heavy (non-hydrogen) atoms. The van der Waals surface area contributed by atoms with E-state index in [1.165, 1.54) is 0 Å². The van der Waals surface area contributed by atoms with Crippen molar-refractivity contribution in [3.05, 3.63) is 11.4 Å². The number of ether oxygens (including phenoxy) is 1. The van der Waals surface area contributed by atoms with Gasteiger partial charge in [-0.1, -0.05) is 38.3 Å². The summed E-state index contributed by atoms with van der Waals surface area (Å²) < 4.78 is 7.68. The second-order valence-corrected chi connectivity index (χ2v) is 9.70. The van der Waals surface area contributed by atoms with Crippen molar-refractivity contribution in [1.82, 2.24) is 25.6 Å². The number of nitrogens with one attached hydrogen (secondary N) is 2. The largest absolute Gasteiger partial charge is 0.391 e. The fourth-order valence-corrected chi connectivity index (χ4v) is 4.20. The van der Waals surface area contributed by atoms with Crippen LogP contribution in [-0.2, 0) is 32.1 Å². The molecule has 11 nitrogen and oxygen atoms in total. The molecule has 198 valence electrons. The Kier molecular flexibility index (Phi) is 12.1. The predicted octanol–water partition coefficient (Wildman–Crippen LogP) is 1.14. The normalized spacial score (nSPS) is 17.7. The molecule has 2 rings (SSSR count). The Morgan fingerprint density at radius 2 is 1.91 bits per heavy atom. The zero-order valence-corrected chi connectivity index (χ0v) is 21.3. The van der Waals surface area contributed by atoms with Crippen molar-refractivity contribution in [2.45, 2.75) is 103 Å². The maximum atomic E-state index is 12.3. The van der Waals surface area contributed by atoms with E-state index in [4.69, 9.17) is 10.5 Å². The molecule has 1 aromatic heterocycles. The van der Waals surface area contributed by atoms with Crippen LogP contribution in [0.25, 0.3) is 0 Å². The molecule has 0 bridgehead atoms. The molecule has 11 heteroatoms. The minimum Gasteiger partial charge on any atom is -0.391 e. The summed E-state index contributed by atoms with van der Waals surface area (Å²) in [6, 6.07) is -0.654. The fraction of sp³-hybridized carbons (Fsp3) is 0.792. The number of aliphatic hydroxyl groups is 1. The number of carbonyl (C=O) groups is 3. The molecule has 3 atom stereocenters. The van der Waals surface area contributed by atoms with Crippen LogP contribution in [0.15, 0.2) is 0 Å². The third-order valence-electron chi connectivity index (χ3n) is 6.10. The smallest absolute Gasteiger partial charge is 0.246 e. The maximum Gasteiger partial charge on any atom is 0.246 e. The number of unbranched alkanes of at least 4 members (excludes halogenated alkanes) is 2. The first-order valence-corrected chi connectivity index (χ1v) is 12.8. The van der Waals surface area contributed by atoms with Crippen LogP contribution in [0.2, 0.25) is 0 Å². The lowest BCUT2D eigenvalue weighted by molar-refractivity contribution is -0.128. The fourth-order valence-electron chi connectivity index (χ4n) is 4.20. The van der Waals surface area contributed by atoms with Crippen molar-refractivity contribution < 1.29 is 24.2 Å². The number of fused-ring (bicyclic) bond motifs is 1. The first kappa shape index (κ1) is 28.7. The van der Waals surface area contributed by atoms with E-state index in [1.54, 1.807) is 11.6 Å². The lowest BCUT2D eigenvalue weighted by atomic mass is 9.99. The summed E-state index contributed by atoms with van der Waals surface area (Å²) in [5, 5.41) is 23.8. The zero-order valence-electron chi connectivity index (χ0n) is 21.3. The van der Waals surface area contributed by atoms with Crippen LogP contribution in [-0.4, -0.2) is 63.1 Å². The Balaban J connectivity index is 1.68. The van der Waals surface area contributed by atoms with E-state index in [-0.39, 0.29) is 30.4 Å². The maximum absolute atomic E-state index is 12.3. The highest BCUT2D eigenvalue weighted by atomic mass is 16.5. The highest BCUT2D eigenvalue weighted by Gasteiger charge is 2.25. The lowest BCUT2D eigenvalue weighted by Crippen LogP contribution is -2.47. The number of aromatic nitrogens is 3. The molecule has 0 fully saturated rings. The number of amides is 3. The van der Waals surface area contributed by atoms with Gasteiger partial charge in [0.05, 0.1) is 18.3 Å². The SMILES string of the molecule is CC(O)Cn1nnc2c1CCCCCC2OCC(=O)NCCCCCC(=O)N[C@H](C(N)=O)C(C)C. The Labute approximate surface area is 207 Å². The number of hydrogen-bond acceptors (Lipinski definition) is 7. The zero-order chi connectivity index (χ0) is 25.8. The van der Waals surface area contributed by atoms with E-state index >= 15 is 0 Å². The van der Waals surface area contributed by atoms with Gasteiger partial charge in [0.25, 0.3) is 0 Å². The Hall–Kier alpha value is -2.53. The minimum absolute atomic E-state index is 0.0561. The first-order valence-electron chi connectivity index (χ1n) is 12.8. The van der Waals surface area contributed by atoms with Crippen LogP contribution in [0.3, 0.4) is 0 Å². The van der Waals surface area contributed by atoms with Crippen LogP contribution in [0.1, 0.15) is 89.6 Å². The quantitative estimate of drug-likeness (QED) is 0.282. The average molecular weight is 495 g/mol. The van der Waals surface area contributed by atoms with E-state index in [9.17, 15) is 19.5 Å². The molecule has 1 aliphatic rings. The highest BCUT2D eigenvalue weighted by Crippen LogP contribution is 2.29. The lowest BCUT2D eigenvalue weighted by Gasteiger charge is -2.20. The molecule has 5 N–H and O–H groups in total. The van der Waals surface area contributed by atoms with Gasteiger partial charge in [-0.3, -0.25) is 14.4 Å². The Morgan fingerprint density at radius 3 is 2.60 bits per heavy atom. The molecular formula is C24H42N6O5. The van der Waals surface area contributed by atoms with Crippen molar-refractivity contribution in [3.63, 3.8) is 0 Å². The van der Waals surface area contributed by atoms with Gasteiger partial charge < -0.3 is 26.2 Å². The number of carbonyl (C=O) groups excluding carboxylic acids is 3. The second kappa shape index (κ2) is 14.8. The van der Waals surface area contributed by atoms with Crippen molar-refractivity contribution in [1.29, 1.82) is 0 Å². The Morgan fingerprint density at radius 1 is 1.14 bits per heavy atom. The number of hydrogen-bond donors (Lipinski definition) is 4. The van der Waals surface area contributed by atoms with Gasteiger partial charge in [-0.05, 0) is 44.9 Å². The minimum atomic E-state index is -0.654. The van der Waals surface area contributed by atoms with E-state index in [1.807, 2.05) is 13.8 Å². The van der Waals surface area contributed by atoms with Crippen LogP contribution in [0.5, 0.6) is 0 Å². The van der Waals surface area contributed by atoms with Gasteiger partial charge in [0, 0.05) is 13.0 Å². The number of primary amides is 1. The number of nitrogens with two attached hydrogens (primary N) is 1. The van der Waals surface area contributed by atoms with Crippen molar-refractivity contribution in [3.8, 4) is 0 Å². The summed E-state index contributed by atoms with van der Waals surface area (Å²) in [7, 11) is 0. The molecule has 3 amide bonds. The van der Waals surface area contributed by atoms with Gasteiger partial charge in [-0.15, -0.1) is 5.10 Å². The van der Waals surface area contributed by atoms with E-state index in [0.717, 1.165) is 56.3 Å². The molecule has 2 unspecified atom stereocenters. The summed E-state index contributed by atoms with van der Waals surface area (Å²) in [5.74, 6) is -0.967. The topological polar surface area (TPSA) is 161 Å². The summed E-state index contributed by atoms with van der Waals surface area (Å²) in [6.45, 7) is 6.22. The van der Waals surface area contributed by atoms with E-state index < -0.39 is 18.1 Å². The molecule has 0 aromatic carbocycles. The molecule has 0 saturated carbocycles. The van der Waals surface area contributed by atoms with Crippen molar-refractivity contribution >= 4 is 17.7 Å². The average Bonchev–Trinajstić information content (AvgIpc) is 3.14. The van der Waals surface area contributed by atoms with Crippen molar-refractivity contribution in [2.24, 2.45) is 11.7 Å².